The fourth-order valence-corrected chi connectivity index (χ4v) is 2.98. The molecule has 2 aromatic heterocycles. The van der Waals surface area contributed by atoms with E-state index in [4.69, 9.17) is 11.6 Å². The van der Waals surface area contributed by atoms with E-state index < -0.39 is 0 Å². The van der Waals surface area contributed by atoms with Crippen LogP contribution < -0.4 is 0 Å². The molecule has 5 nitrogen and oxygen atoms in total. The number of hydrogen-bond donors (Lipinski definition) is 1. The number of amides is 1. The SMILES string of the molecule is C=CCN(Cc1ccc(Cl)s1)C(=O)c1n[nH]c(CCC)n1. The van der Waals surface area contributed by atoms with Crippen molar-refractivity contribution in [3.05, 3.63) is 45.6 Å². The number of nitrogens with one attached hydrogen (secondary N) is 1. The largest absolute Gasteiger partial charge is 0.327 e. The van der Waals surface area contributed by atoms with Crippen molar-refractivity contribution in [2.24, 2.45) is 0 Å². The molecule has 0 radical (unpaired) electrons. The first kappa shape index (κ1) is 15.7. The van der Waals surface area contributed by atoms with Crippen LogP contribution in [-0.4, -0.2) is 32.5 Å². The third-order valence-electron chi connectivity index (χ3n) is 2.82. The summed E-state index contributed by atoms with van der Waals surface area (Å²) in [5, 5.41) is 6.80. The highest BCUT2D eigenvalue weighted by atomic mass is 35.5. The molecule has 2 rings (SSSR count). The number of carbonyl (C=O) groups excluding carboxylic acids is 1. The summed E-state index contributed by atoms with van der Waals surface area (Å²) in [4.78, 5) is 19.4. The van der Waals surface area contributed by atoms with Crippen molar-refractivity contribution in [2.45, 2.75) is 26.3 Å². The molecule has 0 atom stereocenters. The summed E-state index contributed by atoms with van der Waals surface area (Å²) in [6.07, 6.45) is 3.42. The first-order chi connectivity index (χ1) is 10.1. The summed E-state index contributed by atoms with van der Waals surface area (Å²) in [5.74, 6) is 0.722. The molecule has 0 unspecified atom stereocenters. The Morgan fingerprint density at radius 2 is 2.38 bits per heavy atom. The zero-order chi connectivity index (χ0) is 15.2. The molecule has 0 saturated heterocycles. The summed E-state index contributed by atoms with van der Waals surface area (Å²) < 4.78 is 0.708. The quantitative estimate of drug-likeness (QED) is 0.795. The second-order valence-corrected chi connectivity index (χ2v) is 6.34. The van der Waals surface area contributed by atoms with Crippen molar-refractivity contribution in [3.8, 4) is 0 Å². The average Bonchev–Trinajstić information content (AvgIpc) is 3.07. The molecule has 0 aliphatic heterocycles. The molecule has 2 heterocycles. The maximum absolute atomic E-state index is 12.5. The van der Waals surface area contributed by atoms with Crippen LogP contribution in [0.1, 0.15) is 34.7 Å². The predicted octanol–water partition coefficient (Wildman–Crippen LogP) is 3.30. The van der Waals surface area contributed by atoms with E-state index in [-0.39, 0.29) is 11.7 Å². The second kappa shape index (κ2) is 7.38. The summed E-state index contributed by atoms with van der Waals surface area (Å²) in [6.45, 7) is 6.65. The van der Waals surface area contributed by atoms with Gasteiger partial charge >= 0.3 is 0 Å². The summed E-state index contributed by atoms with van der Waals surface area (Å²) in [7, 11) is 0. The maximum atomic E-state index is 12.5. The lowest BCUT2D eigenvalue weighted by atomic mass is 10.3. The van der Waals surface area contributed by atoms with Crippen LogP contribution in [-0.2, 0) is 13.0 Å². The fraction of sp³-hybridized carbons (Fsp3) is 0.357. The third kappa shape index (κ3) is 4.15. The Labute approximate surface area is 132 Å². The van der Waals surface area contributed by atoms with Gasteiger partial charge in [0.25, 0.3) is 5.91 Å². The van der Waals surface area contributed by atoms with Crippen LogP contribution in [0.3, 0.4) is 0 Å². The number of halogens is 1. The van der Waals surface area contributed by atoms with Gasteiger partial charge in [-0.05, 0) is 18.6 Å². The van der Waals surface area contributed by atoms with E-state index in [0.29, 0.717) is 17.4 Å². The van der Waals surface area contributed by atoms with E-state index in [0.717, 1.165) is 23.5 Å². The van der Waals surface area contributed by atoms with Crippen LogP contribution in [0.2, 0.25) is 4.34 Å². The molecule has 112 valence electrons. The average molecular weight is 325 g/mol. The minimum Gasteiger partial charge on any atom is -0.327 e. The van der Waals surface area contributed by atoms with E-state index in [2.05, 4.69) is 28.7 Å². The van der Waals surface area contributed by atoms with Crippen LogP contribution in [0.15, 0.2) is 24.8 Å². The number of aryl methyl sites for hydroxylation is 1. The monoisotopic (exact) mass is 324 g/mol. The van der Waals surface area contributed by atoms with Crippen molar-refractivity contribution in [1.82, 2.24) is 20.1 Å². The van der Waals surface area contributed by atoms with Crippen LogP contribution in [0.4, 0.5) is 0 Å². The van der Waals surface area contributed by atoms with Gasteiger partial charge in [0.05, 0.1) is 10.9 Å². The zero-order valence-electron chi connectivity index (χ0n) is 11.8. The predicted molar refractivity (Wildman–Crippen MR) is 84.6 cm³/mol. The number of rotatable bonds is 7. The smallest absolute Gasteiger partial charge is 0.294 e. The molecule has 7 heteroatoms. The Balaban J connectivity index is 2.12. The highest BCUT2D eigenvalue weighted by molar-refractivity contribution is 7.16. The van der Waals surface area contributed by atoms with Crippen molar-refractivity contribution in [2.75, 3.05) is 6.54 Å². The third-order valence-corrected chi connectivity index (χ3v) is 4.04. The molecule has 1 amide bonds. The topological polar surface area (TPSA) is 61.9 Å². The molecular formula is C14H17ClN4OS. The van der Waals surface area contributed by atoms with E-state index in [1.54, 1.807) is 11.0 Å². The first-order valence-electron chi connectivity index (χ1n) is 6.69. The van der Waals surface area contributed by atoms with Gasteiger partial charge in [-0.25, -0.2) is 4.98 Å². The summed E-state index contributed by atoms with van der Waals surface area (Å²) in [6, 6.07) is 3.74. The van der Waals surface area contributed by atoms with Gasteiger partial charge in [0.2, 0.25) is 5.82 Å². The van der Waals surface area contributed by atoms with Gasteiger partial charge in [0.1, 0.15) is 5.82 Å². The molecule has 0 fully saturated rings. The standard InChI is InChI=1S/C14H17ClN4OS/c1-3-5-12-16-13(18-17-12)14(20)19(8-4-2)9-10-6-7-11(15)21-10/h4,6-7H,2-3,5,8-9H2,1H3,(H,16,17,18). The Morgan fingerprint density at radius 1 is 1.57 bits per heavy atom. The van der Waals surface area contributed by atoms with Gasteiger partial charge in [-0.2, -0.15) is 0 Å². The molecule has 1 N–H and O–H groups in total. The lowest BCUT2D eigenvalue weighted by molar-refractivity contribution is 0.0752. The normalized spacial score (nSPS) is 10.6. The number of carbonyl (C=O) groups is 1. The van der Waals surface area contributed by atoms with E-state index in [1.807, 2.05) is 12.1 Å². The van der Waals surface area contributed by atoms with Crippen LogP contribution >= 0.6 is 22.9 Å². The molecule has 2 aromatic rings. The lowest BCUT2D eigenvalue weighted by Crippen LogP contribution is -2.31. The van der Waals surface area contributed by atoms with Crippen LogP contribution in [0.25, 0.3) is 0 Å². The minimum absolute atomic E-state index is 0.197. The van der Waals surface area contributed by atoms with Gasteiger partial charge in [-0.1, -0.05) is 24.6 Å². The van der Waals surface area contributed by atoms with Crippen molar-refractivity contribution in [3.63, 3.8) is 0 Å². The molecule has 0 spiro atoms. The molecule has 21 heavy (non-hydrogen) atoms. The lowest BCUT2D eigenvalue weighted by Gasteiger charge is -2.18. The van der Waals surface area contributed by atoms with Crippen molar-refractivity contribution >= 4 is 28.8 Å². The number of aromatic nitrogens is 3. The van der Waals surface area contributed by atoms with E-state index >= 15 is 0 Å². The highest BCUT2D eigenvalue weighted by Gasteiger charge is 2.20. The van der Waals surface area contributed by atoms with Gasteiger partial charge < -0.3 is 4.90 Å². The van der Waals surface area contributed by atoms with Crippen molar-refractivity contribution in [1.29, 1.82) is 0 Å². The Hall–Kier alpha value is -1.66. The summed E-state index contributed by atoms with van der Waals surface area (Å²) in [5.41, 5.74) is 0. The van der Waals surface area contributed by atoms with E-state index in [1.165, 1.54) is 11.3 Å². The van der Waals surface area contributed by atoms with Crippen LogP contribution in [0.5, 0.6) is 0 Å². The van der Waals surface area contributed by atoms with Crippen LogP contribution in [0, 0.1) is 0 Å². The highest BCUT2D eigenvalue weighted by Crippen LogP contribution is 2.23. The fourth-order valence-electron chi connectivity index (χ4n) is 1.88. The Morgan fingerprint density at radius 3 is 3.00 bits per heavy atom. The first-order valence-corrected chi connectivity index (χ1v) is 7.89. The molecule has 0 bridgehead atoms. The zero-order valence-corrected chi connectivity index (χ0v) is 13.4. The number of thiophene rings is 1. The van der Waals surface area contributed by atoms with Gasteiger partial charge in [-0.15, -0.1) is 23.0 Å². The second-order valence-electron chi connectivity index (χ2n) is 4.54. The van der Waals surface area contributed by atoms with Gasteiger partial charge in [0.15, 0.2) is 0 Å². The number of nitrogens with zero attached hydrogens (tertiary/aromatic N) is 3. The molecule has 0 saturated carbocycles. The van der Waals surface area contributed by atoms with Gasteiger partial charge in [-0.3, -0.25) is 9.89 Å². The number of aromatic amines is 1. The maximum Gasteiger partial charge on any atom is 0.294 e. The number of hydrogen-bond acceptors (Lipinski definition) is 4. The minimum atomic E-state index is -0.210. The number of H-pyrrole nitrogens is 1. The molecule has 0 aromatic carbocycles. The van der Waals surface area contributed by atoms with Gasteiger partial charge in [0, 0.05) is 17.8 Å². The Kier molecular flexibility index (Phi) is 5.52. The van der Waals surface area contributed by atoms with Crippen molar-refractivity contribution < 1.29 is 4.79 Å². The molecular weight excluding hydrogens is 308 g/mol. The van der Waals surface area contributed by atoms with E-state index in [9.17, 15) is 4.79 Å². The summed E-state index contributed by atoms with van der Waals surface area (Å²) >= 11 is 7.38. The molecule has 0 aliphatic carbocycles. The Bertz CT molecular complexity index is 622. The molecule has 0 aliphatic rings.